The van der Waals surface area contributed by atoms with Crippen molar-refractivity contribution in [1.29, 1.82) is 0 Å². The Morgan fingerprint density at radius 3 is 2.24 bits per heavy atom. The van der Waals surface area contributed by atoms with Crippen molar-refractivity contribution in [3.63, 3.8) is 0 Å². The van der Waals surface area contributed by atoms with Gasteiger partial charge in [0.1, 0.15) is 5.75 Å². The number of aryl methyl sites for hydroxylation is 2. The molecule has 2 atom stereocenters. The Balaban J connectivity index is 2.09. The van der Waals surface area contributed by atoms with Crippen LogP contribution in [0, 0.1) is 13.8 Å². The first-order valence-electron chi connectivity index (χ1n) is 10.3. The van der Waals surface area contributed by atoms with Crippen LogP contribution in [0.15, 0.2) is 36.4 Å². The van der Waals surface area contributed by atoms with Crippen molar-refractivity contribution >= 4 is 5.91 Å². The fourth-order valence-electron chi connectivity index (χ4n) is 3.00. The van der Waals surface area contributed by atoms with Crippen molar-refractivity contribution in [3.8, 4) is 17.2 Å². The number of nitrogens with one attached hydrogen (secondary N) is 1. The van der Waals surface area contributed by atoms with Crippen LogP contribution in [0.2, 0.25) is 0 Å². The zero-order valence-corrected chi connectivity index (χ0v) is 18.4. The molecule has 29 heavy (non-hydrogen) atoms. The van der Waals surface area contributed by atoms with Gasteiger partial charge in [0, 0.05) is 0 Å². The highest BCUT2D eigenvalue weighted by Gasteiger charge is 2.21. The molecule has 0 aliphatic carbocycles. The van der Waals surface area contributed by atoms with E-state index in [0.717, 1.165) is 11.1 Å². The summed E-state index contributed by atoms with van der Waals surface area (Å²) in [6, 6.07) is 11.4. The lowest BCUT2D eigenvalue weighted by Crippen LogP contribution is -2.39. The smallest absolute Gasteiger partial charge is 0.261 e. The van der Waals surface area contributed by atoms with Crippen LogP contribution >= 0.6 is 0 Å². The summed E-state index contributed by atoms with van der Waals surface area (Å²) in [7, 11) is 0. The van der Waals surface area contributed by atoms with Gasteiger partial charge in [-0.25, -0.2) is 0 Å². The van der Waals surface area contributed by atoms with E-state index in [1.54, 1.807) is 0 Å². The highest BCUT2D eigenvalue weighted by molar-refractivity contribution is 5.81. The molecule has 2 aromatic rings. The summed E-state index contributed by atoms with van der Waals surface area (Å²) in [6.45, 7) is 13.0. The first-order chi connectivity index (χ1) is 13.9. The number of carbonyl (C=O) groups is 1. The highest BCUT2D eigenvalue weighted by atomic mass is 16.5. The molecular formula is C24H33NO4. The fourth-order valence-corrected chi connectivity index (χ4v) is 3.00. The SMILES string of the molecule is CCOc1ccc([C@H](C)NC(=O)[C@@H](CC)Oc2ccc(C)c(C)c2)cc1OCC. The molecule has 0 fully saturated rings. The van der Waals surface area contributed by atoms with Gasteiger partial charge in [0.05, 0.1) is 19.3 Å². The van der Waals surface area contributed by atoms with E-state index in [-0.39, 0.29) is 11.9 Å². The maximum absolute atomic E-state index is 12.8. The first-order valence-corrected chi connectivity index (χ1v) is 10.3. The molecule has 0 spiro atoms. The normalized spacial score (nSPS) is 12.8. The lowest BCUT2D eigenvalue weighted by atomic mass is 10.1. The molecule has 1 N–H and O–H groups in total. The van der Waals surface area contributed by atoms with E-state index in [0.29, 0.717) is 36.9 Å². The molecule has 0 unspecified atom stereocenters. The minimum absolute atomic E-state index is 0.134. The van der Waals surface area contributed by atoms with Crippen LogP contribution in [0.25, 0.3) is 0 Å². The van der Waals surface area contributed by atoms with Crippen LogP contribution < -0.4 is 19.5 Å². The second kappa shape index (κ2) is 10.7. The summed E-state index contributed by atoms with van der Waals surface area (Å²) in [6.07, 6.45) is 0.0347. The van der Waals surface area contributed by atoms with E-state index < -0.39 is 6.10 Å². The average molecular weight is 400 g/mol. The maximum atomic E-state index is 12.8. The minimum atomic E-state index is -0.548. The molecule has 0 aliphatic heterocycles. The zero-order valence-electron chi connectivity index (χ0n) is 18.4. The molecule has 5 nitrogen and oxygen atoms in total. The number of rotatable bonds is 10. The molecule has 2 rings (SSSR count). The Morgan fingerprint density at radius 2 is 1.62 bits per heavy atom. The van der Waals surface area contributed by atoms with Gasteiger partial charge in [-0.15, -0.1) is 0 Å². The quantitative estimate of drug-likeness (QED) is 0.601. The first kappa shape index (κ1) is 22.6. The van der Waals surface area contributed by atoms with E-state index >= 15 is 0 Å². The van der Waals surface area contributed by atoms with E-state index in [1.807, 2.05) is 71.0 Å². The maximum Gasteiger partial charge on any atom is 0.261 e. The molecule has 0 aliphatic rings. The van der Waals surface area contributed by atoms with Crippen LogP contribution in [0.3, 0.4) is 0 Å². The van der Waals surface area contributed by atoms with Crippen molar-refractivity contribution in [2.24, 2.45) is 0 Å². The monoisotopic (exact) mass is 399 g/mol. The minimum Gasteiger partial charge on any atom is -0.490 e. The molecule has 0 heterocycles. The highest BCUT2D eigenvalue weighted by Crippen LogP contribution is 2.31. The van der Waals surface area contributed by atoms with Crippen molar-refractivity contribution in [2.45, 2.75) is 60.1 Å². The van der Waals surface area contributed by atoms with Gasteiger partial charge >= 0.3 is 0 Å². The Bertz CT molecular complexity index is 819. The number of hydrogen-bond donors (Lipinski definition) is 1. The third kappa shape index (κ3) is 6.14. The summed E-state index contributed by atoms with van der Waals surface area (Å²) in [5, 5.41) is 3.05. The lowest BCUT2D eigenvalue weighted by Gasteiger charge is -2.22. The second-order valence-corrected chi connectivity index (χ2v) is 7.06. The molecule has 5 heteroatoms. The van der Waals surface area contributed by atoms with Crippen LogP contribution in [-0.2, 0) is 4.79 Å². The summed E-state index contributed by atoms with van der Waals surface area (Å²) in [4.78, 5) is 12.8. The van der Waals surface area contributed by atoms with Crippen LogP contribution in [0.4, 0.5) is 0 Å². The number of ether oxygens (including phenoxy) is 3. The lowest BCUT2D eigenvalue weighted by molar-refractivity contribution is -0.128. The molecule has 0 saturated heterocycles. The van der Waals surface area contributed by atoms with Gasteiger partial charge in [-0.05, 0) is 82.0 Å². The van der Waals surface area contributed by atoms with Crippen LogP contribution in [0.1, 0.15) is 56.8 Å². The molecule has 2 aromatic carbocycles. The number of carbonyl (C=O) groups excluding carboxylic acids is 1. The number of hydrogen-bond acceptors (Lipinski definition) is 4. The van der Waals surface area contributed by atoms with Gasteiger partial charge in [0.15, 0.2) is 17.6 Å². The van der Waals surface area contributed by atoms with Gasteiger partial charge in [-0.1, -0.05) is 19.1 Å². The van der Waals surface area contributed by atoms with Crippen molar-refractivity contribution < 1.29 is 19.0 Å². The van der Waals surface area contributed by atoms with Gasteiger partial charge in [-0.3, -0.25) is 4.79 Å². The molecule has 158 valence electrons. The van der Waals surface area contributed by atoms with Gasteiger partial charge in [0.2, 0.25) is 0 Å². The molecule has 0 bridgehead atoms. The van der Waals surface area contributed by atoms with Crippen LogP contribution in [0.5, 0.6) is 17.2 Å². The molecule has 0 aromatic heterocycles. The van der Waals surface area contributed by atoms with Crippen molar-refractivity contribution in [2.75, 3.05) is 13.2 Å². The Labute approximate surface area is 174 Å². The third-order valence-corrected chi connectivity index (χ3v) is 4.85. The number of benzene rings is 2. The van der Waals surface area contributed by atoms with E-state index in [1.165, 1.54) is 5.56 Å². The Morgan fingerprint density at radius 1 is 0.931 bits per heavy atom. The van der Waals surface area contributed by atoms with Crippen molar-refractivity contribution in [3.05, 3.63) is 53.1 Å². The van der Waals surface area contributed by atoms with Crippen molar-refractivity contribution in [1.82, 2.24) is 5.32 Å². The molecule has 0 saturated carbocycles. The van der Waals surface area contributed by atoms with Gasteiger partial charge in [-0.2, -0.15) is 0 Å². The summed E-state index contributed by atoms with van der Waals surface area (Å²) >= 11 is 0. The summed E-state index contributed by atoms with van der Waals surface area (Å²) in [5.74, 6) is 1.97. The standard InChI is InChI=1S/C24H33NO4/c1-7-21(29-20-12-10-16(4)17(5)14-20)24(26)25-18(6)19-11-13-22(27-8-2)23(15-19)28-9-3/h10-15,18,21H,7-9H2,1-6H3,(H,25,26)/t18-,21+/m0/s1. The van der Waals surface area contributed by atoms with E-state index in [2.05, 4.69) is 12.2 Å². The van der Waals surface area contributed by atoms with Crippen LogP contribution in [-0.4, -0.2) is 25.2 Å². The van der Waals surface area contributed by atoms with Gasteiger partial charge < -0.3 is 19.5 Å². The topological polar surface area (TPSA) is 56.8 Å². The molecule has 1 amide bonds. The number of amides is 1. The second-order valence-electron chi connectivity index (χ2n) is 7.06. The van der Waals surface area contributed by atoms with E-state index in [4.69, 9.17) is 14.2 Å². The summed E-state index contributed by atoms with van der Waals surface area (Å²) in [5.41, 5.74) is 3.29. The molecular weight excluding hydrogens is 366 g/mol. The average Bonchev–Trinajstić information content (AvgIpc) is 2.70. The van der Waals surface area contributed by atoms with E-state index in [9.17, 15) is 4.79 Å². The predicted molar refractivity (Wildman–Crippen MR) is 116 cm³/mol. The fraction of sp³-hybridized carbons (Fsp3) is 0.458. The summed E-state index contributed by atoms with van der Waals surface area (Å²) < 4.78 is 17.3. The predicted octanol–water partition coefficient (Wildman–Crippen LogP) is 5.14. The van der Waals surface area contributed by atoms with Gasteiger partial charge in [0.25, 0.3) is 5.91 Å². The largest absolute Gasteiger partial charge is 0.490 e. The third-order valence-electron chi connectivity index (χ3n) is 4.85. The zero-order chi connectivity index (χ0) is 21.4. The Hall–Kier alpha value is -2.69. The Kier molecular flexibility index (Phi) is 8.37. The molecule has 0 radical (unpaired) electrons.